The van der Waals surface area contributed by atoms with Crippen molar-refractivity contribution in [3.8, 4) is 0 Å². The standard InChI is InChI=1S/C6H4BrF3.Mg/c7-6(10)2-1-4(8)3-5(6)9;/h1-3,5H;/q;+2. The van der Waals surface area contributed by atoms with Gasteiger partial charge in [-0.3, -0.25) is 0 Å². The number of rotatable bonds is 0. The largest absolute Gasteiger partial charge is 2.00 e. The number of hydrogen-bond donors (Lipinski definition) is 0. The Hall–Kier alpha value is 0.516. The Kier molecular flexibility index (Phi) is 4.14. The zero-order chi connectivity index (χ0) is 7.78. The third-order valence-corrected chi connectivity index (χ3v) is 1.84. The summed E-state index contributed by atoms with van der Waals surface area (Å²) in [5.41, 5.74) is 0. The second kappa shape index (κ2) is 3.96. The van der Waals surface area contributed by atoms with Crippen LogP contribution in [0.15, 0.2) is 24.1 Å². The molecule has 0 aromatic heterocycles. The molecule has 1 aliphatic carbocycles. The van der Waals surface area contributed by atoms with Crippen LogP contribution in [0, 0.1) is 0 Å². The third-order valence-electron chi connectivity index (χ3n) is 1.14. The number of alkyl halides is 3. The van der Waals surface area contributed by atoms with E-state index in [1.807, 2.05) is 0 Å². The van der Waals surface area contributed by atoms with E-state index in [4.69, 9.17) is 0 Å². The fourth-order valence-corrected chi connectivity index (χ4v) is 0.853. The number of hydrogen-bond acceptors (Lipinski definition) is 0. The molecule has 0 N–H and O–H groups in total. The zero-order valence-electron chi connectivity index (χ0n) is 5.53. The molecule has 0 aromatic rings. The predicted molar refractivity (Wildman–Crippen MR) is 41.7 cm³/mol. The molecule has 2 unspecified atom stereocenters. The molecule has 0 saturated heterocycles. The van der Waals surface area contributed by atoms with Crippen LogP contribution in [0.1, 0.15) is 0 Å². The topological polar surface area (TPSA) is 0 Å². The Morgan fingerprint density at radius 2 is 2.09 bits per heavy atom. The van der Waals surface area contributed by atoms with Crippen LogP contribution in [0.25, 0.3) is 0 Å². The van der Waals surface area contributed by atoms with Crippen molar-refractivity contribution >= 4 is 39.0 Å². The number of allylic oxidation sites excluding steroid dienone is 4. The van der Waals surface area contributed by atoms with Crippen molar-refractivity contribution in [1.29, 1.82) is 0 Å². The second-order valence-corrected chi connectivity index (χ2v) is 3.18. The fraction of sp³-hybridized carbons (Fsp3) is 0.333. The Balaban J connectivity index is 0.000001000. The molecule has 5 heteroatoms. The van der Waals surface area contributed by atoms with Gasteiger partial charge in [-0.25, -0.2) is 13.2 Å². The molecule has 0 aromatic carbocycles. The summed E-state index contributed by atoms with van der Waals surface area (Å²) in [6.45, 7) is 0. The summed E-state index contributed by atoms with van der Waals surface area (Å²) in [5, 5.41) is 0. The summed E-state index contributed by atoms with van der Waals surface area (Å²) in [7, 11) is 0. The van der Waals surface area contributed by atoms with E-state index in [9.17, 15) is 13.2 Å². The molecular formula is C6H4BrF3Mg+2. The van der Waals surface area contributed by atoms with Gasteiger partial charge in [-0.1, -0.05) is 0 Å². The summed E-state index contributed by atoms with van der Waals surface area (Å²) in [4.78, 5) is 0. The average molecular weight is 237 g/mol. The van der Waals surface area contributed by atoms with Crippen molar-refractivity contribution in [2.75, 3.05) is 0 Å². The van der Waals surface area contributed by atoms with Gasteiger partial charge in [-0.2, -0.15) is 0 Å². The molecule has 0 nitrogen and oxygen atoms in total. The van der Waals surface area contributed by atoms with Gasteiger partial charge in [-0.05, 0) is 34.2 Å². The van der Waals surface area contributed by atoms with E-state index in [2.05, 4.69) is 15.9 Å². The predicted octanol–water partition coefficient (Wildman–Crippen LogP) is 2.43. The molecule has 1 aliphatic rings. The smallest absolute Gasteiger partial charge is 0.238 e. The first kappa shape index (κ1) is 11.5. The van der Waals surface area contributed by atoms with Crippen LogP contribution in [0.2, 0.25) is 0 Å². The molecule has 0 spiro atoms. The van der Waals surface area contributed by atoms with Crippen LogP contribution in [0.4, 0.5) is 13.2 Å². The van der Waals surface area contributed by atoms with E-state index in [1.54, 1.807) is 0 Å². The monoisotopic (exact) mass is 236 g/mol. The first-order valence-corrected chi connectivity index (χ1v) is 3.40. The summed E-state index contributed by atoms with van der Waals surface area (Å²) in [6, 6.07) is 0. The molecule has 56 valence electrons. The van der Waals surface area contributed by atoms with Gasteiger partial charge in [0, 0.05) is 0 Å². The van der Waals surface area contributed by atoms with E-state index >= 15 is 0 Å². The minimum Gasteiger partial charge on any atom is -0.238 e. The first-order chi connectivity index (χ1) is 4.52. The second-order valence-electron chi connectivity index (χ2n) is 1.96. The molecule has 2 atom stereocenters. The van der Waals surface area contributed by atoms with Gasteiger partial charge in [-0.15, -0.1) is 0 Å². The van der Waals surface area contributed by atoms with Crippen LogP contribution < -0.4 is 0 Å². The number of halogens is 4. The first-order valence-electron chi connectivity index (χ1n) is 2.61. The summed E-state index contributed by atoms with van der Waals surface area (Å²) >= 11 is 2.45. The van der Waals surface area contributed by atoms with Crippen molar-refractivity contribution in [2.45, 2.75) is 10.7 Å². The summed E-state index contributed by atoms with van der Waals surface area (Å²) in [5.74, 6) is -0.750. The van der Waals surface area contributed by atoms with E-state index < -0.39 is 16.6 Å². The van der Waals surface area contributed by atoms with Crippen LogP contribution in [0.3, 0.4) is 0 Å². The molecular weight excluding hydrogens is 233 g/mol. The van der Waals surface area contributed by atoms with Gasteiger partial charge in [0.05, 0.1) is 0 Å². The maximum atomic E-state index is 12.7. The Morgan fingerprint density at radius 1 is 1.55 bits per heavy atom. The molecule has 0 heterocycles. The van der Waals surface area contributed by atoms with Crippen molar-refractivity contribution < 1.29 is 13.2 Å². The summed E-state index contributed by atoms with van der Waals surface area (Å²) in [6.07, 6.45) is 0.310. The van der Waals surface area contributed by atoms with Crippen molar-refractivity contribution in [3.05, 3.63) is 24.1 Å². The Labute approximate surface area is 86.8 Å². The molecule has 0 fully saturated rings. The molecule has 0 bridgehead atoms. The zero-order valence-corrected chi connectivity index (χ0v) is 8.53. The quantitative estimate of drug-likeness (QED) is 0.448. The van der Waals surface area contributed by atoms with Gasteiger partial charge in [0.1, 0.15) is 5.83 Å². The van der Waals surface area contributed by atoms with E-state index in [-0.39, 0.29) is 23.1 Å². The maximum absolute atomic E-state index is 12.7. The SMILES string of the molecule is FC1=CC(F)C(F)(Br)C=C1.[Mg+2]. The van der Waals surface area contributed by atoms with Crippen molar-refractivity contribution in [3.63, 3.8) is 0 Å². The maximum Gasteiger partial charge on any atom is 2.00 e. The van der Waals surface area contributed by atoms with Gasteiger partial charge < -0.3 is 0 Å². The van der Waals surface area contributed by atoms with Gasteiger partial charge >= 0.3 is 23.1 Å². The molecule has 1 rings (SSSR count). The third kappa shape index (κ3) is 2.80. The van der Waals surface area contributed by atoms with Crippen LogP contribution in [-0.2, 0) is 0 Å². The van der Waals surface area contributed by atoms with E-state index in [0.717, 1.165) is 12.2 Å². The Morgan fingerprint density at radius 3 is 2.45 bits per heavy atom. The molecule has 11 heavy (non-hydrogen) atoms. The Bertz CT molecular complexity index is 200. The van der Waals surface area contributed by atoms with Gasteiger partial charge in [0.2, 0.25) is 4.58 Å². The van der Waals surface area contributed by atoms with Crippen LogP contribution in [0.5, 0.6) is 0 Å². The molecule has 0 aliphatic heterocycles. The molecule has 0 radical (unpaired) electrons. The minimum atomic E-state index is -2.23. The minimum absolute atomic E-state index is 0. The van der Waals surface area contributed by atoms with Crippen molar-refractivity contribution in [2.24, 2.45) is 0 Å². The van der Waals surface area contributed by atoms with E-state index in [1.165, 1.54) is 0 Å². The van der Waals surface area contributed by atoms with Gasteiger partial charge in [0.15, 0.2) is 6.17 Å². The average Bonchev–Trinajstić information content (AvgIpc) is 1.81. The fourth-order valence-electron chi connectivity index (χ4n) is 0.589. The molecule has 0 amide bonds. The van der Waals surface area contributed by atoms with Crippen molar-refractivity contribution in [1.82, 2.24) is 0 Å². The van der Waals surface area contributed by atoms with Crippen LogP contribution in [-0.4, -0.2) is 33.8 Å². The van der Waals surface area contributed by atoms with Gasteiger partial charge in [0.25, 0.3) is 0 Å². The molecule has 0 saturated carbocycles. The van der Waals surface area contributed by atoms with E-state index in [0.29, 0.717) is 6.08 Å². The summed E-state index contributed by atoms with van der Waals surface area (Å²) < 4.78 is 35.0. The van der Waals surface area contributed by atoms with Crippen LogP contribution >= 0.6 is 15.9 Å². The normalized spacial score (nSPS) is 36.0.